The van der Waals surface area contributed by atoms with Crippen molar-refractivity contribution in [2.75, 3.05) is 39.9 Å². The van der Waals surface area contributed by atoms with Gasteiger partial charge in [0.15, 0.2) is 0 Å². The molecule has 0 aromatic rings. The normalized spacial score (nSPS) is 25.0. The van der Waals surface area contributed by atoms with Crippen molar-refractivity contribution in [1.82, 2.24) is 10.6 Å². The van der Waals surface area contributed by atoms with Gasteiger partial charge in [-0.05, 0) is 62.4 Å². The van der Waals surface area contributed by atoms with Crippen molar-refractivity contribution in [3.8, 4) is 0 Å². The van der Waals surface area contributed by atoms with E-state index in [4.69, 9.17) is 4.74 Å². The molecule has 1 aliphatic heterocycles. The molecule has 0 spiro atoms. The monoisotopic (exact) mass is 254 g/mol. The molecule has 0 atom stereocenters. The third kappa shape index (κ3) is 3.69. The summed E-state index contributed by atoms with van der Waals surface area (Å²) < 4.78 is 5.22. The first-order valence-corrected chi connectivity index (χ1v) is 7.65. The highest BCUT2D eigenvalue weighted by Crippen LogP contribution is 2.48. The lowest BCUT2D eigenvalue weighted by molar-refractivity contribution is 0.160. The molecular formula is C15H30N2O. The number of ether oxygens (including phenoxy) is 1. The number of methoxy groups -OCH3 is 1. The summed E-state index contributed by atoms with van der Waals surface area (Å²) in [6.07, 6.45) is 8.00. The first kappa shape index (κ1) is 14.3. The Balaban J connectivity index is 1.70. The predicted octanol–water partition coefficient (Wildman–Crippen LogP) is 2.17. The molecule has 106 valence electrons. The fourth-order valence-electron chi connectivity index (χ4n) is 3.22. The second kappa shape index (κ2) is 6.36. The van der Waals surface area contributed by atoms with E-state index in [1.807, 2.05) is 7.11 Å². The molecule has 18 heavy (non-hydrogen) atoms. The summed E-state index contributed by atoms with van der Waals surface area (Å²) in [6, 6.07) is 0. The van der Waals surface area contributed by atoms with Gasteiger partial charge < -0.3 is 15.4 Å². The maximum atomic E-state index is 5.22. The van der Waals surface area contributed by atoms with Crippen molar-refractivity contribution in [2.45, 2.75) is 45.4 Å². The van der Waals surface area contributed by atoms with Crippen LogP contribution in [-0.2, 0) is 4.74 Å². The van der Waals surface area contributed by atoms with Crippen LogP contribution >= 0.6 is 0 Å². The highest BCUT2D eigenvalue weighted by molar-refractivity contribution is 4.95. The van der Waals surface area contributed by atoms with Gasteiger partial charge in [-0.1, -0.05) is 6.92 Å². The fourth-order valence-corrected chi connectivity index (χ4v) is 3.22. The average Bonchev–Trinajstić information content (AvgIpc) is 3.18. The number of piperidine rings is 1. The summed E-state index contributed by atoms with van der Waals surface area (Å²) in [5.41, 5.74) is 1.14. The van der Waals surface area contributed by atoms with Gasteiger partial charge in [-0.3, -0.25) is 0 Å². The van der Waals surface area contributed by atoms with Gasteiger partial charge in [0.25, 0.3) is 0 Å². The Labute approximate surface area is 112 Å². The highest BCUT2D eigenvalue weighted by Gasteiger charge is 2.42. The van der Waals surface area contributed by atoms with Crippen LogP contribution < -0.4 is 10.6 Å². The summed E-state index contributed by atoms with van der Waals surface area (Å²) in [7, 11) is 1.81. The molecule has 1 heterocycles. The van der Waals surface area contributed by atoms with E-state index in [0.717, 1.165) is 6.61 Å². The first-order chi connectivity index (χ1) is 8.74. The smallest absolute Gasteiger partial charge is 0.0468 e. The van der Waals surface area contributed by atoms with Crippen LogP contribution in [-0.4, -0.2) is 39.9 Å². The Kier molecular flexibility index (Phi) is 5.05. The van der Waals surface area contributed by atoms with Crippen LogP contribution in [0.15, 0.2) is 0 Å². The van der Waals surface area contributed by atoms with Gasteiger partial charge in [0.05, 0.1) is 0 Å². The summed E-state index contributed by atoms with van der Waals surface area (Å²) in [4.78, 5) is 0. The van der Waals surface area contributed by atoms with Gasteiger partial charge in [0.1, 0.15) is 0 Å². The third-order valence-electron chi connectivity index (χ3n) is 5.21. The van der Waals surface area contributed by atoms with Crippen LogP contribution in [0.25, 0.3) is 0 Å². The fraction of sp³-hybridized carbons (Fsp3) is 1.00. The van der Waals surface area contributed by atoms with Crippen LogP contribution in [0.5, 0.6) is 0 Å². The van der Waals surface area contributed by atoms with Crippen LogP contribution in [0.2, 0.25) is 0 Å². The van der Waals surface area contributed by atoms with Crippen LogP contribution in [0.1, 0.15) is 45.4 Å². The molecule has 1 aliphatic carbocycles. The van der Waals surface area contributed by atoms with Gasteiger partial charge >= 0.3 is 0 Å². The molecule has 2 aliphatic rings. The second-order valence-electron chi connectivity index (χ2n) is 6.45. The second-order valence-corrected chi connectivity index (χ2v) is 6.45. The lowest BCUT2D eigenvalue weighted by atomic mass is 9.76. The van der Waals surface area contributed by atoms with E-state index in [2.05, 4.69) is 17.6 Å². The zero-order valence-corrected chi connectivity index (χ0v) is 12.2. The summed E-state index contributed by atoms with van der Waals surface area (Å²) in [6.45, 7) is 8.08. The molecule has 0 amide bonds. The minimum Gasteiger partial charge on any atom is -0.385 e. The van der Waals surface area contributed by atoms with Crippen molar-refractivity contribution < 1.29 is 4.74 Å². The summed E-state index contributed by atoms with van der Waals surface area (Å²) in [5, 5.41) is 7.25. The SMILES string of the molecule is CCC1(CNCC2(CCOC)CC2)CCNCC1. The van der Waals surface area contributed by atoms with Crippen molar-refractivity contribution >= 4 is 0 Å². The van der Waals surface area contributed by atoms with Gasteiger partial charge in [-0.2, -0.15) is 0 Å². The van der Waals surface area contributed by atoms with Crippen LogP contribution in [0.4, 0.5) is 0 Å². The molecule has 3 heteroatoms. The zero-order chi connectivity index (χ0) is 12.9. The van der Waals surface area contributed by atoms with Gasteiger partial charge in [0, 0.05) is 26.8 Å². The van der Waals surface area contributed by atoms with Gasteiger partial charge in [-0.25, -0.2) is 0 Å². The molecule has 1 saturated carbocycles. The Morgan fingerprint density at radius 3 is 2.28 bits per heavy atom. The molecule has 0 radical (unpaired) electrons. The molecule has 2 fully saturated rings. The number of nitrogens with one attached hydrogen (secondary N) is 2. The van der Waals surface area contributed by atoms with Crippen LogP contribution in [0, 0.1) is 10.8 Å². The minimum atomic E-state index is 0.558. The topological polar surface area (TPSA) is 33.3 Å². The van der Waals surface area contributed by atoms with Gasteiger partial charge in [-0.15, -0.1) is 0 Å². The third-order valence-corrected chi connectivity index (χ3v) is 5.21. The average molecular weight is 254 g/mol. The number of hydrogen-bond donors (Lipinski definition) is 2. The maximum absolute atomic E-state index is 5.22. The van der Waals surface area contributed by atoms with Crippen molar-refractivity contribution in [3.05, 3.63) is 0 Å². The Bertz CT molecular complexity index is 245. The van der Waals surface area contributed by atoms with E-state index in [1.54, 1.807) is 0 Å². The zero-order valence-electron chi connectivity index (χ0n) is 12.2. The number of hydrogen-bond acceptors (Lipinski definition) is 3. The standard InChI is InChI=1S/C15H30N2O/c1-3-14(6-9-16-10-7-14)12-17-13-15(4-5-15)8-11-18-2/h16-17H,3-13H2,1-2H3. The van der Waals surface area contributed by atoms with E-state index >= 15 is 0 Å². The van der Waals surface area contributed by atoms with Crippen molar-refractivity contribution in [2.24, 2.45) is 10.8 Å². The molecule has 1 saturated heterocycles. The molecule has 0 unspecified atom stereocenters. The van der Waals surface area contributed by atoms with E-state index in [-0.39, 0.29) is 0 Å². The molecular weight excluding hydrogens is 224 g/mol. The van der Waals surface area contributed by atoms with E-state index in [0.29, 0.717) is 10.8 Å². The molecule has 2 rings (SSSR count). The molecule has 0 bridgehead atoms. The van der Waals surface area contributed by atoms with Crippen molar-refractivity contribution in [1.29, 1.82) is 0 Å². The van der Waals surface area contributed by atoms with E-state index in [9.17, 15) is 0 Å². The predicted molar refractivity (Wildman–Crippen MR) is 75.9 cm³/mol. The Morgan fingerprint density at radius 2 is 1.72 bits per heavy atom. The lowest BCUT2D eigenvalue weighted by Gasteiger charge is -2.37. The quantitative estimate of drug-likeness (QED) is 0.696. The molecule has 0 aromatic heterocycles. The number of rotatable bonds is 8. The Morgan fingerprint density at radius 1 is 1.06 bits per heavy atom. The molecule has 2 N–H and O–H groups in total. The maximum Gasteiger partial charge on any atom is 0.0468 e. The lowest BCUT2D eigenvalue weighted by Crippen LogP contribution is -2.44. The minimum absolute atomic E-state index is 0.558. The summed E-state index contributed by atoms with van der Waals surface area (Å²) in [5.74, 6) is 0. The van der Waals surface area contributed by atoms with E-state index < -0.39 is 0 Å². The van der Waals surface area contributed by atoms with Crippen molar-refractivity contribution in [3.63, 3.8) is 0 Å². The Hall–Kier alpha value is -0.120. The largest absolute Gasteiger partial charge is 0.385 e. The highest BCUT2D eigenvalue weighted by atomic mass is 16.5. The van der Waals surface area contributed by atoms with Crippen LogP contribution in [0.3, 0.4) is 0 Å². The first-order valence-electron chi connectivity index (χ1n) is 7.65. The molecule has 0 aromatic carbocycles. The van der Waals surface area contributed by atoms with Gasteiger partial charge in [0.2, 0.25) is 0 Å². The molecule has 3 nitrogen and oxygen atoms in total. The summed E-state index contributed by atoms with van der Waals surface area (Å²) >= 11 is 0. The van der Waals surface area contributed by atoms with E-state index in [1.165, 1.54) is 64.7 Å².